The topological polar surface area (TPSA) is 97.4 Å². The molecule has 2 saturated heterocycles. The summed E-state index contributed by atoms with van der Waals surface area (Å²) in [7, 11) is 0. The van der Waals surface area contributed by atoms with Crippen LogP contribution in [0.2, 0.25) is 0 Å². The molecule has 2 aliphatic heterocycles. The number of para-hydroxylation sites is 1. The Balaban J connectivity index is 1.54. The van der Waals surface area contributed by atoms with E-state index in [-0.39, 0.29) is 30.0 Å². The maximum Gasteiger partial charge on any atom is 0.269 e. The third-order valence-electron chi connectivity index (χ3n) is 6.24. The number of hydrogen-bond donors (Lipinski definition) is 0. The zero-order valence-electron chi connectivity index (χ0n) is 17.5. The summed E-state index contributed by atoms with van der Waals surface area (Å²) in [5.74, 6) is 0.391. The van der Waals surface area contributed by atoms with Crippen molar-refractivity contribution >= 4 is 28.3 Å². The molecular weight excluding hydrogens is 396 g/mol. The van der Waals surface area contributed by atoms with Gasteiger partial charge in [0.05, 0.1) is 22.6 Å². The first-order valence-corrected chi connectivity index (χ1v) is 10.6. The van der Waals surface area contributed by atoms with Crippen LogP contribution in [0.1, 0.15) is 39.3 Å². The van der Waals surface area contributed by atoms with E-state index in [1.807, 2.05) is 33.8 Å². The van der Waals surface area contributed by atoms with Gasteiger partial charge in [0.1, 0.15) is 11.7 Å². The van der Waals surface area contributed by atoms with Crippen LogP contribution in [0.25, 0.3) is 11.0 Å². The molecule has 160 valence electrons. The number of carbonyl (C=O) groups excluding carboxylic acids is 1. The summed E-state index contributed by atoms with van der Waals surface area (Å²) in [4.78, 5) is 28.3. The monoisotopic (exact) mass is 420 g/mol. The summed E-state index contributed by atoms with van der Waals surface area (Å²) in [6.45, 7) is 4.24. The van der Waals surface area contributed by atoms with Gasteiger partial charge in [0.2, 0.25) is 5.91 Å². The molecule has 1 amide bonds. The molecule has 3 atom stereocenters. The van der Waals surface area contributed by atoms with Crippen LogP contribution in [0.15, 0.2) is 48.5 Å². The van der Waals surface area contributed by atoms with Crippen molar-refractivity contribution in [1.82, 2.24) is 19.9 Å². The van der Waals surface area contributed by atoms with E-state index in [2.05, 4.69) is 29.1 Å². The molecular formula is C22H24N6O3. The van der Waals surface area contributed by atoms with Crippen LogP contribution in [0.5, 0.6) is 0 Å². The molecule has 3 unspecified atom stereocenters. The number of non-ortho nitro benzene ring substituents is 1. The smallest absolute Gasteiger partial charge is 0.269 e. The SMILES string of the molecule is CC(C)CC1C(=O)N(c2ccc([N+](=O)[O-])cc2)C2CCC(n3nnc4ccccc43)N12. The van der Waals surface area contributed by atoms with E-state index in [9.17, 15) is 14.9 Å². The van der Waals surface area contributed by atoms with E-state index in [0.29, 0.717) is 11.6 Å². The molecule has 5 rings (SSSR count). The molecule has 9 heteroatoms. The second-order valence-electron chi connectivity index (χ2n) is 8.64. The Bertz CT molecular complexity index is 1140. The van der Waals surface area contributed by atoms with Gasteiger partial charge in [-0.1, -0.05) is 31.2 Å². The number of aromatic nitrogens is 3. The highest BCUT2D eigenvalue weighted by atomic mass is 16.6. The third-order valence-corrected chi connectivity index (χ3v) is 6.24. The van der Waals surface area contributed by atoms with Crippen LogP contribution in [0.3, 0.4) is 0 Å². The van der Waals surface area contributed by atoms with Crippen LogP contribution in [0.4, 0.5) is 11.4 Å². The molecule has 2 fully saturated rings. The van der Waals surface area contributed by atoms with Gasteiger partial charge in [-0.2, -0.15) is 0 Å². The lowest BCUT2D eigenvalue weighted by Crippen LogP contribution is -2.39. The number of carbonyl (C=O) groups is 1. The summed E-state index contributed by atoms with van der Waals surface area (Å²) in [6.07, 6.45) is 2.22. The Hall–Kier alpha value is -3.33. The van der Waals surface area contributed by atoms with E-state index in [4.69, 9.17) is 0 Å². The Labute approximate surface area is 179 Å². The Kier molecular flexibility index (Phi) is 4.70. The van der Waals surface area contributed by atoms with Crippen molar-refractivity contribution in [2.75, 3.05) is 4.90 Å². The zero-order valence-corrected chi connectivity index (χ0v) is 17.5. The summed E-state index contributed by atoms with van der Waals surface area (Å²) >= 11 is 0. The van der Waals surface area contributed by atoms with E-state index in [1.54, 1.807) is 12.1 Å². The molecule has 0 radical (unpaired) electrons. The highest BCUT2D eigenvalue weighted by Crippen LogP contribution is 2.44. The van der Waals surface area contributed by atoms with Gasteiger partial charge in [0.25, 0.3) is 5.69 Å². The molecule has 3 heterocycles. The van der Waals surface area contributed by atoms with Crippen LogP contribution in [-0.4, -0.2) is 42.9 Å². The molecule has 0 N–H and O–H groups in total. The number of fused-ring (bicyclic) bond motifs is 2. The quantitative estimate of drug-likeness (QED) is 0.461. The number of nitrogens with zero attached hydrogens (tertiary/aromatic N) is 6. The minimum Gasteiger partial charge on any atom is -0.295 e. The van der Waals surface area contributed by atoms with Crippen LogP contribution in [0, 0.1) is 16.0 Å². The van der Waals surface area contributed by atoms with E-state index >= 15 is 0 Å². The van der Waals surface area contributed by atoms with Crippen LogP contribution in [-0.2, 0) is 4.79 Å². The van der Waals surface area contributed by atoms with Crippen molar-refractivity contribution in [2.45, 2.75) is 51.5 Å². The molecule has 2 aromatic carbocycles. The van der Waals surface area contributed by atoms with E-state index in [0.717, 1.165) is 30.3 Å². The predicted octanol–water partition coefficient (Wildman–Crippen LogP) is 3.72. The molecule has 0 bridgehead atoms. The summed E-state index contributed by atoms with van der Waals surface area (Å²) < 4.78 is 1.94. The largest absolute Gasteiger partial charge is 0.295 e. The average molecular weight is 420 g/mol. The van der Waals surface area contributed by atoms with Crippen molar-refractivity contribution in [1.29, 1.82) is 0 Å². The maximum absolute atomic E-state index is 13.6. The highest BCUT2D eigenvalue weighted by molar-refractivity contribution is 6.00. The first-order chi connectivity index (χ1) is 15.0. The number of hydrogen-bond acceptors (Lipinski definition) is 6. The fourth-order valence-corrected chi connectivity index (χ4v) is 4.97. The second-order valence-corrected chi connectivity index (χ2v) is 8.64. The molecule has 1 aromatic heterocycles. The van der Waals surface area contributed by atoms with Crippen molar-refractivity contribution in [3.05, 3.63) is 58.6 Å². The first-order valence-electron chi connectivity index (χ1n) is 10.6. The normalized spacial score (nSPS) is 23.8. The minimum atomic E-state index is -0.426. The van der Waals surface area contributed by atoms with Crippen molar-refractivity contribution in [3.63, 3.8) is 0 Å². The van der Waals surface area contributed by atoms with E-state index in [1.165, 1.54) is 12.1 Å². The molecule has 0 spiro atoms. The van der Waals surface area contributed by atoms with Gasteiger partial charge < -0.3 is 0 Å². The number of amides is 1. The van der Waals surface area contributed by atoms with Crippen LogP contribution < -0.4 is 4.90 Å². The average Bonchev–Trinajstić information content (AvgIpc) is 3.42. The Morgan fingerprint density at radius 1 is 1.10 bits per heavy atom. The van der Waals surface area contributed by atoms with Gasteiger partial charge in [-0.3, -0.25) is 19.8 Å². The Morgan fingerprint density at radius 2 is 1.81 bits per heavy atom. The number of benzene rings is 2. The van der Waals surface area contributed by atoms with Gasteiger partial charge in [-0.25, -0.2) is 9.58 Å². The van der Waals surface area contributed by atoms with Crippen LogP contribution >= 0.6 is 0 Å². The molecule has 2 aliphatic rings. The summed E-state index contributed by atoms with van der Waals surface area (Å²) in [5, 5.41) is 19.8. The number of rotatable bonds is 5. The van der Waals surface area contributed by atoms with Gasteiger partial charge in [-0.05, 0) is 49.4 Å². The lowest BCUT2D eigenvalue weighted by atomic mass is 10.0. The molecule has 31 heavy (non-hydrogen) atoms. The fraction of sp³-hybridized carbons (Fsp3) is 0.409. The molecule has 3 aromatic rings. The Morgan fingerprint density at radius 3 is 2.52 bits per heavy atom. The molecule has 0 aliphatic carbocycles. The molecule has 9 nitrogen and oxygen atoms in total. The van der Waals surface area contributed by atoms with Gasteiger partial charge in [-0.15, -0.1) is 5.10 Å². The molecule has 0 saturated carbocycles. The zero-order chi connectivity index (χ0) is 21.7. The van der Waals surface area contributed by atoms with E-state index < -0.39 is 4.92 Å². The van der Waals surface area contributed by atoms with Gasteiger partial charge in [0.15, 0.2) is 0 Å². The standard InChI is InChI=1S/C22H24N6O3/c1-14(2)13-19-22(29)25(15-7-9-16(10-8-15)28(30)31)20-11-12-21(26(19)20)27-18-6-4-3-5-17(18)23-24-27/h3-10,14,19-21H,11-13H2,1-2H3. The number of nitro benzene ring substituents is 1. The van der Waals surface area contributed by atoms with Gasteiger partial charge >= 0.3 is 0 Å². The highest BCUT2D eigenvalue weighted by Gasteiger charge is 2.53. The fourth-order valence-electron chi connectivity index (χ4n) is 4.97. The lowest BCUT2D eigenvalue weighted by molar-refractivity contribution is -0.384. The number of nitro groups is 1. The lowest BCUT2D eigenvalue weighted by Gasteiger charge is -2.29. The predicted molar refractivity (Wildman–Crippen MR) is 115 cm³/mol. The van der Waals surface area contributed by atoms with Crippen molar-refractivity contribution in [2.24, 2.45) is 5.92 Å². The second kappa shape index (κ2) is 7.42. The minimum absolute atomic E-state index is 0.0179. The maximum atomic E-state index is 13.6. The summed E-state index contributed by atoms with van der Waals surface area (Å²) in [6, 6.07) is 13.8. The first kappa shape index (κ1) is 19.6. The van der Waals surface area contributed by atoms with Crippen molar-refractivity contribution < 1.29 is 9.72 Å². The number of anilines is 1. The third kappa shape index (κ3) is 3.16. The van der Waals surface area contributed by atoms with Crippen molar-refractivity contribution in [3.8, 4) is 0 Å². The summed E-state index contributed by atoms with van der Waals surface area (Å²) in [5.41, 5.74) is 2.51. The van der Waals surface area contributed by atoms with Gasteiger partial charge in [0, 0.05) is 17.8 Å².